The maximum absolute atomic E-state index is 13.2. The second-order valence-electron chi connectivity index (χ2n) is 9.70. The van der Waals surface area contributed by atoms with Crippen molar-refractivity contribution in [1.82, 2.24) is 9.88 Å². The monoisotopic (exact) mass is 470 g/mol. The number of aromatic nitrogens is 1. The predicted octanol–water partition coefficient (Wildman–Crippen LogP) is 5.05. The van der Waals surface area contributed by atoms with Gasteiger partial charge in [0.25, 0.3) is 11.7 Å². The molecule has 6 nitrogen and oxygen atoms in total. The van der Waals surface area contributed by atoms with E-state index in [1.165, 1.54) is 0 Å². The molecule has 1 atom stereocenters. The lowest BCUT2D eigenvalue weighted by Gasteiger charge is -2.26. The minimum atomic E-state index is -0.685. The minimum Gasteiger partial charge on any atom is -0.507 e. The fourth-order valence-electron chi connectivity index (χ4n) is 4.33. The molecule has 1 N–H and O–H groups in total. The number of carbonyl (C=O) groups is 2. The first-order chi connectivity index (χ1) is 16.7. The molecule has 4 rings (SSSR count). The van der Waals surface area contributed by atoms with E-state index in [2.05, 4.69) is 25.8 Å². The zero-order chi connectivity index (χ0) is 25.2. The average Bonchev–Trinajstić information content (AvgIpc) is 3.12. The van der Waals surface area contributed by atoms with E-state index < -0.39 is 17.7 Å². The number of rotatable bonds is 6. The Balaban J connectivity index is 1.74. The lowest BCUT2D eigenvalue weighted by molar-refractivity contribution is -0.139. The van der Waals surface area contributed by atoms with E-state index in [-0.39, 0.29) is 16.7 Å². The number of carbonyl (C=O) groups excluding carboxylic acids is 2. The molecule has 1 amide bonds. The molecule has 6 heteroatoms. The van der Waals surface area contributed by atoms with Gasteiger partial charge in [-0.3, -0.25) is 14.6 Å². The van der Waals surface area contributed by atoms with Gasteiger partial charge >= 0.3 is 0 Å². The van der Waals surface area contributed by atoms with Crippen LogP contribution in [0, 0.1) is 0 Å². The quantitative estimate of drug-likeness (QED) is 0.310. The Bertz CT molecular complexity index is 1240. The summed E-state index contributed by atoms with van der Waals surface area (Å²) in [5, 5.41) is 11.1. The van der Waals surface area contributed by atoms with Crippen molar-refractivity contribution >= 4 is 17.4 Å². The molecule has 1 fully saturated rings. The molecule has 0 aliphatic carbocycles. The van der Waals surface area contributed by atoms with Crippen molar-refractivity contribution in [2.24, 2.45) is 0 Å². The molecule has 1 unspecified atom stereocenters. The molecule has 1 saturated heterocycles. The van der Waals surface area contributed by atoms with Crippen molar-refractivity contribution in [3.05, 3.63) is 101 Å². The smallest absolute Gasteiger partial charge is 0.295 e. The van der Waals surface area contributed by atoms with Gasteiger partial charge in [0.2, 0.25) is 0 Å². The van der Waals surface area contributed by atoms with Crippen LogP contribution in [0.15, 0.2) is 78.6 Å². The molecule has 2 heterocycles. The topological polar surface area (TPSA) is 79.7 Å². The van der Waals surface area contributed by atoms with E-state index in [1.807, 2.05) is 48.5 Å². The van der Waals surface area contributed by atoms with Gasteiger partial charge in [-0.25, -0.2) is 0 Å². The van der Waals surface area contributed by atoms with Crippen LogP contribution in [0.4, 0.5) is 0 Å². The number of aliphatic hydroxyl groups excluding tert-OH is 1. The zero-order valence-electron chi connectivity index (χ0n) is 20.5. The van der Waals surface area contributed by atoms with Gasteiger partial charge in [-0.1, -0.05) is 57.2 Å². The highest BCUT2D eigenvalue weighted by Crippen LogP contribution is 2.40. The van der Waals surface area contributed by atoms with Crippen LogP contribution < -0.4 is 4.74 Å². The summed E-state index contributed by atoms with van der Waals surface area (Å²) in [6.45, 7) is 6.72. The number of nitrogens with zero attached hydrogens (tertiary/aromatic N) is 2. The van der Waals surface area contributed by atoms with Crippen LogP contribution in [0.3, 0.4) is 0 Å². The normalized spacial score (nSPS) is 17.6. The number of hydrogen-bond acceptors (Lipinski definition) is 5. The Kier molecular flexibility index (Phi) is 6.74. The molecule has 0 saturated carbocycles. The van der Waals surface area contributed by atoms with E-state index >= 15 is 0 Å². The highest BCUT2D eigenvalue weighted by Gasteiger charge is 2.45. The fourth-order valence-corrected chi connectivity index (χ4v) is 4.33. The SMILES string of the molecule is COc1ccc(CCN2C(=O)C(=O)/C(=C(\O)c3ccncc3)C2c2ccc(C(C)(C)C)cc2)cc1. The molecule has 0 radical (unpaired) electrons. The molecule has 1 aromatic heterocycles. The molecule has 180 valence electrons. The molecule has 0 bridgehead atoms. The van der Waals surface area contributed by atoms with E-state index in [9.17, 15) is 14.7 Å². The number of pyridine rings is 1. The highest BCUT2D eigenvalue weighted by atomic mass is 16.5. The first-order valence-electron chi connectivity index (χ1n) is 11.6. The number of hydrogen-bond donors (Lipinski definition) is 1. The van der Waals surface area contributed by atoms with Gasteiger partial charge in [0.05, 0.1) is 18.7 Å². The Morgan fingerprint density at radius 3 is 2.17 bits per heavy atom. The van der Waals surface area contributed by atoms with Crippen molar-refractivity contribution < 1.29 is 19.4 Å². The highest BCUT2D eigenvalue weighted by molar-refractivity contribution is 6.46. The largest absolute Gasteiger partial charge is 0.507 e. The third-order valence-corrected chi connectivity index (χ3v) is 6.39. The predicted molar refractivity (Wildman–Crippen MR) is 135 cm³/mol. The summed E-state index contributed by atoms with van der Waals surface area (Å²) >= 11 is 0. The van der Waals surface area contributed by atoms with Crippen molar-refractivity contribution in [3.63, 3.8) is 0 Å². The summed E-state index contributed by atoms with van der Waals surface area (Å²) in [6.07, 6.45) is 3.65. The number of benzene rings is 2. The number of ketones is 1. The number of likely N-dealkylation sites (tertiary alicyclic amines) is 1. The van der Waals surface area contributed by atoms with Gasteiger partial charge in [0.1, 0.15) is 11.5 Å². The van der Waals surface area contributed by atoms with Crippen LogP contribution in [0.5, 0.6) is 5.75 Å². The number of aliphatic hydroxyl groups is 1. The molecule has 3 aromatic rings. The summed E-state index contributed by atoms with van der Waals surface area (Å²) in [4.78, 5) is 31.9. The fraction of sp³-hybridized carbons (Fsp3) is 0.276. The Hall–Kier alpha value is -3.93. The van der Waals surface area contributed by atoms with Gasteiger partial charge in [-0.05, 0) is 52.8 Å². The summed E-state index contributed by atoms with van der Waals surface area (Å²) in [7, 11) is 1.61. The first kappa shape index (κ1) is 24.2. The summed E-state index contributed by atoms with van der Waals surface area (Å²) in [6, 6.07) is 18.1. The molecular weight excluding hydrogens is 440 g/mol. The molecule has 0 spiro atoms. The van der Waals surface area contributed by atoms with Crippen molar-refractivity contribution in [3.8, 4) is 5.75 Å². The van der Waals surface area contributed by atoms with Crippen LogP contribution in [0.1, 0.15) is 49.1 Å². The van der Waals surface area contributed by atoms with Gasteiger partial charge in [0.15, 0.2) is 0 Å². The van der Waals surface area contributed by atoms with E-state index in [0.29, 0.717) is 18.5 Å². The minimum absolute atomic E-state index is 0.0360. The second-order valence-corrected chi connectivity index (χ2v) is 9.70. The van der Waals surface area contributed by atoms with Crippen molar-refractivity contribution in [2.75, 3.05) is 13.7 Å². The number of amides is 1. The second kappa shape index (κ2) is 9.74. The van der Waals surface area contributed by atoms with Crippen LogP contribution in [-0.4, -0.2) is 40.3 Å². The Morgan fingerprint density at radius 2 is 1.60 bits per heavy atom. The maximum Gasteiger partial charge on any atom is 0.295 e. The van der Waals surface area contributed by atoms with Crippen molar-refractivity contribution in [2.45, 2.75) is 38.6 Å². The lowest BCUT2D eigenvalue weighted by Crippen LogP contribution is -2.31. The average molecular weight is 471 g/mol. The van der Waals surface area contributed by atoms with E-state index in [4.69, 9.17) is 4.74 Å². The van der Waals surface area contributed by atoms with Crippen LogP contribution in [-0.2, 0) is 21.4 Å². The molecule has 1 aliphatic rings. The molecule has 2 aromatic carbocycles. The summed E-state index contributed by atoms with van der Waals surface area (Å²) in [5.41, 5.74) is 3.45. The van der Waals surface area contributed by atoms with Crippen LogP contribution in [0.2, 0.25) is 0 Å². The summed E-state index contributed by atoms with van der Waals surface area (Å²) < 4.78 is 5.22. The van der Waals surface area contributed by atoms with Crippen LogP contribution >= 0.6 is 0 Å². The maximum atomic E-state index is 13.2. The molecule has 35 heavy (non-hydrogen) atoms. The van der Waals surface area contributed by atoms with Gasteiger partial charge in [0, 0.05) is 24.5 Å². The molecular formula is C29H30N2O4. The summed E-state index contributed by atoms with van der Waals surface area (Å²) in [5.74, 6) is -0.731. The Labute approximate surface area is 205 Å². The van der Waals surface area contributed by atoms with Gasteiger partial charge < -0.3 is 14.7 Å². The standard InChI is InChI=1S/C29H30N2O4/c1-29(2,3)22-9-7-20(8-10-22)25-24(26(32)21-13-16-30-17-14-21)27(33)28(34)31(25)18-15-19-5-11-23(35-4)12-6-19/h5-14,16-17,25,32H,15,18H2,1-4H3/b26-24-. The Morgan fingerprint density at radius 1 is 0.971 bits per heavy atom. The van der Waals surface area contributed by atoms with E-state index in [0.717, 1.165) is 22.4 Å². The van der Waals surface area contributed by atoms with Gasteiger partial charge in [-0.15, -0.1) is 0 Å². The lowest BCUT2D eigenvalue weighted by atomic mass is 9.85. The number of ether oxygens (including phenoxy) is 1. The first-order valence-corrected chi connectivity index (χ1v) is 11.6. The van der Waals surface area contributed by atoms with Crippen LogP contribution in [0.25, 0.3) is 5.76 Å². The van der Waals surface area contributed by atoms with Gasteiger partial charge in [-0.2, -0.15) is 0 Å². The zero-order valence-corrected chi connectivity index (χ0v) is 20.5. The number of methoxy groups -OCH3 is 1. The molecule has 1 aliphatic heterocycles. The third-order valence-electron chi connectivity index (χ3n) is 6.39. The van der Waals surface area contributed by atoms with Crippen molar-refractivity contribution in [1.29, 1.82) is 0 Å². The number of Topliss-reactive ketones (excluding diaryl/α,β-unsaturated/α-hetero) is 1. The van der Waals surface area contributed by atoms with E-state index in [1.54, 1.807) is 36.5 Å². The third kappa shape index (κ3) is 4.97.